The van der Waals surface area contributed by atoms with Crippen molar-refractivity contribution < 1.29 is 4.57 Å². The summed E-state index contributed by atoms with van der Waals surface area (Å²) in [5.74, 6) is 0.854. The van der Waals surface area contributed by atoms with E-state index in [0.717, 1.165) is 33.2 Å². The predicted molar refractivity (Wildman–Crippen MR) is 139 cm³/mol. The minimum absolute atomic E-state index is 0.0805. The Kier molecular flexibility index (Phi) is 10.8. The number of anilines is 1. The Morgan fingerprint density at radius 2 is 1.71 bits per heavy atom. The van der Waals surface area contributed by atoms with Crippen LogP contribution in [0, 0.1) is 0 Å². The summed E-state index contributed by atoms with van der Waals surface area (Å²) in [4.78, 5) is 22.3. The van der Waals surface area contributed by atoms with E-state index in [1.165, 1.54) is 0 Å². The maximum atomic E-state index is 11.3. The standard InChI is InChI=1S/C9H8BrClN2.C9H7BrN2O.Cl3OP/c10-5-7-4-6-2-1-3-12-9(6)13-8(7)11;10-5-7-4-6-2-1-3-11-8(6)12-9(7)13;1-5(2,3)4/h1-4,8H,5H2,(H,12,13);1-4H,5H2,(H,11,12,13);. The quantitative estimate of drug-likeness (QED) is 0.171. The fourth-order valence-corrected chi connectivity index (χ4v) is 3.76. The minimum Gasteiger partial charge on any atom is -0.350 e. The van der Waals surface area contributed by atoms with Gasteiger partial charge in [0.2, 0.25) is 0 Å². The van der Waals surface area contributed by atoms with E-state index in [1.807, 2.05) is 30.3 Å². The van der Waals surface area contributed by atoms with Crippen LogP contribution in [0.2, 0.25) is 0 Å². The van der Waals surface area contributed by atoms with Crippen LogP contribution in [0.15, 0.2) is 53.1 Å². The average Bonchev–Trinajstić information content (AvgIpc) is 2.72. The number of pyridine rings is 3. The van der Waals surface area contributed by atoms with Gasteiger partial charge in [-0.2, -0.15) is 0 Å². The molecule has 1 aliphatic heterocycles. The highest BCUT2D eigenvalue weighted by atomic mass is 79.9. The first-order valence-electron chi connectivity index (χ1n) is 8.46. The maximum absolute atomic E-state index is 11.3. The van der Waals surface area contributed by atoms with Gasteiger partial charge in [-0.1, -0.05) is 43.5 Å². The van der Waals surface area contributed by atoms with Gasteiger partial charge in [0.1, 0.15) is 17.0 Å². The number of hydrogen-bond donors (Lipinski definition) is 2. The van der Waals surface area contributed by atoms with Crippen molar-refractivity contribution in [1.29, 1.82) is 0 Å². The monoisotopic (exact) mass is 648 g/mol. The van der Waals surface area contributed by atoms with Crippen LogP contribution in [0.25, 0.3) is 17.1 Å². The number of hydrogen-bond acceptors (Lipinski definition) is 5. The van der Waals surface area contributed by atoms with Gasteiger partial charge in [0.05, 0.1) is 0 Å². The summed E-state index contributed by atoms with van der Waals surface area (Å²) in [7, 11) is 0. The summed E-state index contributed by atoms with van der Waals surface area (Å²) in [5.41, 5.74) is 3.35. The van der Waals surface area contributed by atoms with Gasteiger partial charge in [0.15, 0.2) is 0 Å². The van der Waals surface area contributed by atoms with Gasteiger partial charge in [-0.25, -0.2) is 9.97 Å². The van der Waals surface area contributed by atoms with Crippen LogP contribution in [0.5, 0.6) is 0 Å². The van der Waals surface area contributed by atoms with Gasteiger partial charge in [-0.3, -0.25) is 9.36 Å². The van der Waals surface area contributed by atoms with Crippen LogP contribution < -0.4 is 10.9 Å². The summed E-state index contributed by atoms with van der Waals surface area (Å²) >= 11 is 26.6. The van der Waals surface area contributed by atoms with E-state index in [2.05, 4.69) is 91.9 Å². The molecule has 1 unspecified atom stereocenters. The molecule has 0 radical (unpaired) electrons. The van der Waals surface area contributed by atoms with Crippen LogP contribution in [-0.2, 0) is 9.90 Å². The van der Waals surface area contributed by atoms with Crippen molar-refractivity contribution in [2.75, 3.05) is 10.6 Å². The Morgan fingerprint density at radius 3 is 2.35 bits per heavy atom. The lowest BCUT2D eigenvalue weighted by Gasteiger charge is -2.21. The van der Waals surface area contributed by atoms with Crippen molar-refractivity contribution in [3.63, 3.8) is 0 Å². The molecule has 0 fully saturated rings. The molecular weight excluding hydrogens is 637 g/mol. The highest BCUT2D eigenvalue weighted by Crippen LogP contribution is 2.61. The third kappa shape index (κ3) is 9.04. The minimum atomic E-state index is -3.22. The Morgan fingerprint density at radius 1 is 1.06 bits per heavy atom. The molecule has 0 saturated heterocycles. The van der Waals surface area contributed by atoms with E-state index in [1.54, 1.807) is 12.4 Å². The Bertz CT molecular complexity index is 1160. The molecule has 0 spiro atoms. The fourth-order valence-electron chi connectivity index (χ4n) is 2.43. The Labute approximate surface area is 214 Å². The summed E-state index contributed by atoms with van der Waals surface area (Å²) < 4.78 is 9.51. The first kappa shape index (κ1) is 26.7. The summed E-state index contributed by atoms with van der Waals surface area (Å²) in [6, 6.07) is 9.54. The number of halogens is 6. The zero-order valence-corrected chi connectivity index (χ0v) is 22.6. The van der Waals surface area contributed by atoms with E-state index < -0.39 is 5.20 Å². The number of nitrogens with one attached hydrogen (secondary N) is 2. The highest BCUT2D eigenvalue weighted by molar-refractivity contribution is 9.09. The maximum Gasteiger partial charge on any atom is 0.339 e. The SMILES string of the molecule is ClC1Nc2ncccc2C=C1CBr.O=P(Cl)(Cl)Cl.O=c1[nH]c2ncccc2cc1CBr. The highest BCUT2D eigenvalue weighted by Gasteiger charge is 2.17. The number of alkyl halides is 3. The van der Waals surface area contributed by atoms with Crippen LogP contribution >= 0.6 is 82.4 Å². The third-order valence-corrected chi connectivity index (χ3v) is 5.40. The topological polar surface area (TPSA) is 87.7 Å². The fraction of sp³-hybridized carbons (Fsp3) is 0.167. The first-order valence-corrected chi connectivity index (χ1v) is 15.6. The smallest absolute Gasteiger partial charge is 0.339 e. The molecule has 6 nitrogen and oxygen atoms in total. The van der Waals surface area contributed by atoms with E-state index in [9.17, 15) is 9.36 Å². The van der Waals surface area contributed by atoms with Gasteiger partial charge in [0.25, 0.3) is 5.56 Å². The molecule has 0 bridgehead atoms. The third-order valence-electron chi connectivity index (χ3n) is 3.76. The number of fused-ring (bicyclic) bond motifs is 2. The number of aromatic nitrogens is 3. The number of aromatic amines is 1. The van der Waals surface area contributed by atoms with Crippen LogP contribution in [0.4, 0.5) is 5.82 Å². The predicted octanol–water partition coefficient (Wildman–Crippen LogP) is 7.48. The average molecular weight is 652 g/mol. The van der Waals surface area contributed by atoms with Crippen LogP contribution in [0.1, 0.15) is 11.1 Å². The summed E-state index contributed by atoms with van der Waals surface area (Å²) in [5, 5.41) is 2.19. The van der Waals surface area contributed by atoms with Gasteiger partial charge in [-0.15, -0.1) is 0 Å². The Balaban J connectivity index is 0.000000182. The second-order valence-electron chi connectivity index (χ2n) is 5.90. The van der Waals surface area contributed by atoms with E-state index in [4.69, 9.17) is 11.6 Å². The molecule has 1 atom stereocenters. The van der Waals surface area contributed by atoms with E-state index in [0.29, 0.717) is 11.0 Å². The molecule has 3 aromatic heterocycles. The normalized spacial score (nSPS) is 14.8. The lowest BCUT2D eigenvalue weighted by atomic mass is 10.1. The largest absolute Gasteiger partial charge is 0.350 e. The second-order valence-corrected chi connectivity index (χ2v) is 14.1. The van der Waals surface area contributed by atoms with Crippen molar-refractivity contribution in [3.05, 3.63) is 69.8 Å². The molecule has 4 rings (SSSR count). The van der Waals surface area contributed by atoms with Gasteiger partial charge in [-0.05, 0) is 75.7 Å². The number of nitrogens with zero attached hydrogens (tertiary/aromatic N) is 2. The summed E-state index contributed by atoms with van der Waals surface area (Å²) in [6.07, 6.45) is 5.47. The molecule has 166 valence electrons. The molecule has 2 N–H and O–H groups in total. The van der Waals surface area contributed by atoms with Crippen LogP contribution in [0.3, 0.4) is 0 Å². The molecule has 0 aromatic carbocycles. The molecule has 0 aliphatic carbocycles. The Hall–Kier alpha value is -0.600. The van der Waals surface area contributed by atoms with Crippen molar-refractivity contribution in [1.82, 2.24) is 15.0 Å². The molecular formula is C18H15Br2Cl4N4O2P. The van der Waals surface area contributed by atoms with Crippen molar-refractivity contribution in [2.24, 2.45) is 0 Å². The zero-order chi connectivity index (χ0) is 23.0. The molecule has 0 saturated carbocycles. The lowest BCUT2D eigenvalue weighted by molar-refractivity contribution is 0.600. The molecule has 31 heavy (non-hydrogen) atoms. The lowest BCUT2D eigenvalue weighted by Crippen LogP contribution is -2.20. The van der Waals surface area contributed by atoms with Gasteiger partial charge < -0.3 is 10.3 Å². The molecule has 4 heterocycles. The first-order chi connectivity index (χ1) is 14.6. The van der Waals surface area contributed by atoms with Gasteiger partial charge >= 0.3 is 5.20 Å². The van der Waals surface area contributed by atoms with Crippen molar-refractivity contribution in [2.45, 2.75) is 10.8 Å². The number of rotatable bonds is 2. The zero-order valence-electron chi connectivity index (χ0n) is 15.5. The summed E-state index contributed by atoms with van der Waals surface area (Å²) in [6.45, 7) is 0. The molecule has 1 aliphatic rings. The van der Waals surface area contributed by atoms with E-state index >= 15 is 0 Å². The molecule has 0 amide bonds. The van der Waals surface area contributed by atoms with Crippen molar-refractivity contribution in [3.8, 4) is 0 Å². The van der Waals surface area contributed by atoms with Crippen molar-refractivity contribution >= 4 is 105 Å². The second kappa shape index (κ2) is 12.6. The molecule has 13 heteroatoms. The van der Waals surface area contributed by atoms with E-state index in [-0.39, 0.29) is 11.1 Å². The molecule has 3 aromatic rings. The van der Waals surface area contributed by atoms with Crippen LogP contribution in [-0.4, -0.2) is 25.8 Å². The number of H-pyrrole nitrogens is 1. The van der Waals surface area contributed by atoms with Gasteiger partial charge in [0, 0.05) is 39.6 Å².